The molecule has 0 fully saturated rings. The summed E-state index contributed by atoms with van der Waals surface area (Å²) < 4.78 is 42.3. The highest BCUT2D eigenvalue weighted by Crippen LogP contribution is 2.24. The molecule has 2 unspecified atom stereocenters. The van der Waals surface area contributed by atoms with Crippen LogP contribution in [0.15, 0.2) is 33.0 Å². The summed E-state index contributed by atoms with van der Waals surface area (Å²) in [4.78, 5) is 3.32. The first-order valence-electron chi connectivity index (χ1n) is 3.35. The van der Waals surface area contributed by atoms with Crippen molar-refractivity contribution in [2.75, 3.05) is 0 Å². The van der Waals surface area contributed by atoms with Crippen LogP contribution in [0.1, 0.15) is 0 Å². The van der Waals surface area contributed by atoms with E-state index in [1.165, 1.54) is 6.07 Å². The van der Waals surface area contributed by atoms with E-state index in [2.05, 4.69) is 11.7 Å². The summed E-state index contributed by atoms with van der Waals surface area (Å²) in [6.07, 6.45) is 0. The Morgan fingerprint density at radius 1 is 1.21 bits per heavy atom. The summed E-state index contributed by atoms with van der Waals surface area (Å²) in [7, 11) is 0. The number of nitrogens with zero attached hydrogens (tertiary/aromatic N) is 1. The van der Waals surface area contributed by atoms with Crippen molar-refractivity contribution in [2.45, 2.75) is 9.79 Å². The molecule has 0 aliphatic rings. The maximum absolute atomic E-state index is 10.6. The average Bonchev–Trinajstić information content (AvgIpc) is 2.16. The van der Waals surface area contributed by atoms with Crippen molar-refractivity contribution in [1.82, 2.24) is 0 Å². The predicted molar refractivity (Wildman–Crippen MR) is 50.0 cm³/mol. The van der Waals surface area contributed by atoms with Crippen molar-refractivity contribution in [3.05, 3.63) is 18.2 Å². The molecule has 0 saturated heterocycles. The van der Waals surface area contributed by atoms with E-state index >= 15 is 0 Å². The zero-order valence-electron chi connectivity index (χ0n) is 6.84. The molecule has 1 rings (SSSR count). The maximum Gasteiger partial charge on any atom is 0.0783 e. The lowest BCUT2D eigenvalue weighted by molar-refractivity contribution is 0.533. The number of hydrogen-bond acceptors (Lipinski definition) is 5. The molecule has 0 aliphatic heterocycles. The summed E-state index contributed by atoms with van der Waals surface area (Å²) in [5, 5.41) is 0. The van der Waals surface area contributed by atoms with E-state index < -0.39 is 22.2 Å². The largest absolute Gasteiger partial charge is 0.768 e. The van der Waals surface area contributed by atoms with Crippen molar-refractivity contribution in [1.29, 1.82) is 0 Å². The van der Waals surface area contributed by atoms with Crippen LogP contribution in [0.4, 0.5) is 5.69 Å². The van der Waals surface area contributed by atoms with E-state index in [1.54, 1.807) is 0 Å². The van der Waals surface area contributed by atoms with Crippen LogP contribution in [-0.4, -0.2) is 24.2 Å². The van der Waals surface area contributed by atoms with Gasteiger partial charge >= 0.3 is 0 Å². The molecule has 0 saturated carbocycles. The van der Waals surface area contributed by atoms with Crippen LogP contribution in [0.25, 0.3) is 0 Å². The van der Waals surface area contributed by atoms with Crippen LogP contribution < -0.4 is 0 Å². The average molecular weight is 231 g/mol. The summed E-state index contributed by atoms with van der Waals surface area (Å²) in [6.45, 7) is 3.15. The van der Waals surface area contributed by atoms with Crippen molar-refractivity contribution in [2.24, 2.45) is 4.99 Å². The van der Waals surface area contributed by atoms with Gasteiger partial charge in [0.05, 0.1) is 10.6 Å². The smallest absolute Gasteiger partial charge is 0.0783 e. The molecule has 0 amide bonds. The van der Waals surface area contributed by atoms with Crippen LogP contribution in [0.2, 0.25) is 0 Å². The standard InChI is InChI=1S/C7H7NO4S2/c1-8-6-4-5(13(9)10)2-3-7(6)14(11)12/h2-4H,1H2,(H,9,10)(H,11,12)/p-2. The first kappa shape index (κ1) is 11.2. The monoisotopic (exact) mass is 231 g/mol. The molecule has 76 valence electrons. The third kappa shape index (κ3) is 2.32. The molecule has 0 spiro atoms. The second-order valence-electron chi connectivity index (χ2n) is 2.26. The Balaban J connectivity index is 3.32. The van der Waals surface area contributed by atoms with E-state index in [4.69, 9.17) is 0 Å². The van der Waals surface area contributed by atoms with Gasteiger partial charge in [-0.2, -0.15) is 0 Å². The number of benzene rings is 1. The van der Waals surface area contributed by atoms with Gasteiger partial charge in [0.1, 0.15) is 0 Å². The second kappa shape index (κ2) is 4.56. The van der Waals surface area contributed by atoms with Gasteiger partial charge in [-0.15, -0.1) is 0 Å². The Bertz CT molecular complexity index is 418. The van der Waals surface area contributed by atoms with Gasteiger partial charge in [-0.3, -0.25) is 13.4 Å². The molecular weight excluding hydrogens is 226 g/mol. The molecule has 7 heteroatoms. The maximum atomic E-state index is 10.6. The minimum atomic E-state index is -2.45. The van der Waals surface area contributed by atoms with Crippen LogP contribution in [0.3, 0.4) is 0 Å². The van der Waals surface area contributed by atoms with E-state index in [0.29, 0.717) is 0 Å². The van der Waals surface area contributed by atoms with Gasteiger partial charge in [0, 0.05) is 4.90 Å². The predicted octanol–water partition coefficient (Wildman–Crippen LogP) is 0.495. The molecule has 0 aromatic heterocycles. The van der Waals surface area contributed by atoms with Gasteiger partial charge in [-0.25, -0.2) is 0 Å². The fourth-order valence-electron chi connectivity index (χ4n) is 0.865. The first-order chi connectivity index (χ1) is 6.56. The lowest BCUT2D eigenvalue weighted by atomic mass is 10.3. The molecule has 0 radical (unpaired) electrons. The van der Waals surface area contributed by atoms with Gasteiger partial charge in [0.15, 0.2) is 0 Å². The molecule has 0 aliphatic carbocycles. The van der Waals surface area contributed by atoms with Gasteiger partial charge in [0.2, 0.25) is 0 Å². The summed E-state index contributed by atoms with van der Waals surface area (Å²) >= 11 is -4.85. The highest BCUT2D eigenvalue weighted by Gasteiger charge is 2.03. The molecule has 0 bridgehead atoms. The van der Waals surface area contributed by atoms with Crippen LogP contribution in [0, 0.1) is 0 Å². The van der Waals surface area contributed by atoms with Gasteiger partial charge in [0.25, 0.3) is 0 Å². The highest BCUT2D eigenvalue weighted by atomic mass is 32.2. The normalized spacial score (nSPS) is 14.7. The zero-order chi connectivity index (χ0) is 10.7. The van der Waals surface area contributed by atoms with Crippen LogP contribution in [0.5, 0.6) is 0 Å². The SMILES string of the molecule is C=Nc1cc(S(=O)[O-])ccc1S(=O)[O-]. The summed E-state index contributed by atoms with van der Waals surface area (Å²) in [5.74, 6) is 0. The van der Waals surface area contributed by atoms with Crippen molar-refractivity contribution >= 4 is 34.6 Å². The molecule has 14 heavy (non-hydrogen) atoms. The van der Waals surface area contributed by atoms with E-state index in [0.717, 1.165) is 12.1 Å². The van der Waals surface area contributed by atoms with Crippen LogP contribution >= 0.6 is 0 Å². The topological polar surface area (TPSA) is 92.6 Å². The van der Waals surface area contributed by atoms with E-state index in [9.17, 15) is 17.5 Å². The number of rotatable bonds is 3. The van der Waals surface area contributed by atoms with Crippen LogP contribution in [-0.2, 0) is 22.2 Å². The number of hydrogen-bond donors (Lipinski definition) is 0. The summed E-state index contributed by atoms with van der Waals surface area (Å²) in [6, 6.07) is 3.49. The highest BCUT2D eigenvalue weighted by molar-refractivity contribution is 7.79. The molecule has 1 aromatic carbocycles. The Morgan fingerprint density at radius 2 is 1.86 bits per heavy atom. The Hall–Kier alpha value is -0.890. The zero-order valence-corrected chi connectivity index (χ0v) is 8.47. The lowest BCUT2D eigenvalue weighted by Crippen LogP contribution is -1.93. The van der Waals surface area contributed by atoms with Gasteiger partial charge in [-0.1, -0.05) is 0 Å². The third-order valence-corrected chi connectivity index (χ3v) is 2.82. The first-order valence-corrected chi connectivity index (χ1v) is 5.50. The van der Waals surface area contributed by atoms with E-state index in [1.807, 2.05) is 0 Å². The number of aliphatic imine (C=N–C) groups is 1. The third-order valence-electron chi connectivity index (χ3n) is 1.47. The Labute approximate surface area is 85.4 Å². The van der Waals surface area contributed by atoms with Gasteiger partial charge < -0.3 is 9.11 Å². The minimum absolute atomic E-state index is 0.0263. The molecule has 1 aromatic rings. The Kier molecular flexibility index (Phi) is 3.64. The second-order valence-corrected chi connectivity index (χ2v) is 4.11. The summed E-state index contributed by atoms with van der Waals surface area (Å²) in [5.41, 5.74) is 0.0278. The minimum Gasteiger partial charge on any atom is -0.768 e. The quantitative estimate of drug-likeness (QED) is 0.559. The van der Waals surface area contributed by atoms with Crippen molar-refractivity contribution < 1.29 is 17.5 Å². The molecule has 2 atom stereocenters. The lowest BCUT2D eigenvalue weighted by Gasteiger charge is -2.11. The molecule has 5 nitrogen and oxygen atoms in total. The van der Waals surface area contributed by atoms with Crippen molar-refractivity contribution in [3.8, 4) is 0 Å². The van der Waals surface area contributed by atoms with E-state index in [-0.39, 0.29) is 15.5 Å². The molecular formula is C7H5NO4S2-2. The molecule has 0 N–H and O–H groups in total. The Morgan fingerprint density at radius 3 is 2.29 bits per heavy atom. The fraction of sp³-hybridized carbons (Fsp3) is 0. The van der Waals surface area contributed by atoms with Crippen molar-refractivity contribution in [3.63, 3.8) is 0 Å². The van der Waals surface area contributed by atoms with Gasteiger partial charge in [-0.05, 0) is 47.1 Å². The fourth-order valence-corrected chi connectivity index (χ4v) is 1.73. The molecule has 0 heterocycles.